The molecule has 1 amide bonds. The van der Waals surface area contributed by atoms with E-state index in [1.807, 2.05) is 6.07 Å². The molecule has 1 fully saturated rings. The first-order chi connectivity index (χ1) is 8.27. The second kappa shape index (κ2) is 8.04. The smallest absolute Gasteiger partial charge is 0.234 e. The summed E-state index contributed by atoms with van der Waals surface area (Å²) in [4.78, 5) is 13.9. The van der Waals surface area contributed by atoms with Crippen LogP contribution in [0.5, 0.6) is 0 Å². The van der Waals surface area contributed by atoms with Crippen molar-refractivity contribution in [2.24, 2.45) is 0 Å². The molecule has 0 bridgehead atoms. The maximum atomic E-state index is 11.7. The Kier molecular flexibility index (Phi) is 6.60. The number of hydrogen-bond acceptors (Lipinski definition) is 4. The molecule has 0 radical (unpaired) electrons. The van der Waals surface area contributed by atoms with Crippen LogP contribution in [-0.2, 0) is 4.79 Å². The quantitative estimate of drug-likeness (QED) is 0.644. The first kappa shape index (κ1) is 13.9. The first-order valence-electron chi connectivity index (χ1n) is 6.36. The Hall–Kier alpha value is -1.12. The van der Waals surface area contributed by atoms with Crippen molar-refractivity contribution in [3.63, 3.8) is 0 Å². The molecule has 96 valence electrons. The molecule has 1 rings (SSSR count). The summed E-state index contributed by atoms with van der Waals surface area (Å²) in [6.45, 7) is 5.97. The fraction of sp³-hybridized carbons (Fsp3) is 0.833. The van der Waals surface area contributed by atoms with Crippen molar-refractivity contribution in [3.8, 4) is 6.07 Å². The van der Waals surface area contributed by atoms with E-state index in [0.29, 0.717) is 25.6 Å². The molecular formula is C12H22N4O. The summed E-state index contributed by atoms with van der Waals surface area (Å²) in [6, 6.07) is 2.53. The lowest BCUT2D eigenvalue weighted by Crippen LogP contribution is -2.47. The van der Waals surface area contributed by atoms with E-state index in [-0.39, 0.29) is 5.91 Å². The second-order valence-electron chi connectivity index (χ2n) is 4.30. The Morgan fingerprint density at radius 1 is 1.53 bits per heavy atom. The Morgan fingerprint density at radius 3 is 2.82 bits per heavy atom. The normalized spacial score (nSPS) is 16.8. The van der Waals surface area contributed by atoms with E-state index in [2.05, 4.69) is 22.5 Å². The third-order valence-electron chi connectivity index (χ3n) is 3.14. The number of nitrogens with zero attached hydrogens (tertiary/aromatic N) is 2. The highest BCUT2D eigenvalue weighted by Gasteiger charge is 2.21. The van der Waals surface area contributed by atoms with Crippen LogP contribution < -0.4 is 10.6 Å². The minimum Gasteiger partial charge on any atom is -0.354 e. The third kappa shape index (κ3) is 5.16. The van der Waals surface area contributed by atoms with Crippen LogP contribution in [0, 0.1) is 11.3 Å². The minimum absolute atomic E-state index is 0.0284. The van der Waals surface area contributed by atoms with Crippen molar-refractivity contribution in [1.82, 2.24) is 15.5 Å². The topological polar surface area (TPSA) is 68.2 Å². The van der Waals surface area contributed by atoms with Crippen LogP contribution in [0.2, 0.25) is 0 Å². The van der Waals surface area contributed by atoms with E-state index in [1.54, 1.807) is 0 Å². The van der Waals surface area contributed by atoms with Gasteiger partial charge in [0.05, 0.1) is 19.0 Å². The number of rotatable bonds is 6. The molecule has 1 heterocycles. The van der Waals surface area contributed by atoms with Crippen LogP contribution in [-0.4, -0.2) is 49.6 Å². The van der Waals surface area contributed by atoms with E-state index in [1.165, 1.54) is 0 Å². The lowest BCUT2D eigenvalue weighted by Gasteiger charge is -2.33. The number of carbonyl (C=O) groups excluding carboxylic acids is 1. The highest BCUT2D eigenvalue weighted by Crippen LogP contribution is 2.10. The number of nitrogens with one attached hydrogen (secondary N) is 2. The van der Waals surface area contributed by atoms with Crippen molar-refractivity contribution in [3.05, 3.63) is 0 Å². The molecule has 1 aliphatic rings. The molecule has 5 heteroatoms. The highest BCUT2D eigenvalue weighted by atomic mass is 16.2. The number of hydrogen-bond donors (Lipinski definition) is 2. The largest absolute Gasteiger partial charge is 0.354 e. The molecule has 2 N–H and O–H groups in total. The van der Waals surface area contributed by atoms with Gasteiger partial charge >= 0.3 is 0 Å². The molecule has 1 saturated heterocycles. The summed E-state index contributed by atoms with van der Waals surface area (Å²) < 4.78 is 0. The summed E-state index contributed by atoms with van der Waals surface area (Å²) in [6.07, 6.45) is 2.60. The number of amides is 1. The average Bonchev–Trinajstić information content (AvgIpc) is 2.37. The standard InChI is InChI=1S/C12H22N4O/c1-2-16(11-4-8-14-9-5-11)10-12(17)15-7-3-6-13/h11,14H,2-5,7-10H2,1H3,(H,15,17). The van der Waals surface area contributed by atoms with E-state index in [9.17, 15) is 4.79 Å². The van der Waals surface area contributed by atoms with E-state index in [0.717, 1.165) is 32.5 Å². The highest BCUT2D eigenvalue weighted by molar-refractivity contribution is 5.78. The number of piperidine rings is 1. The van der Waals surface area contributed by atoms with Gasteiger partial charge in [-0.3, -0.25) is 9.69 Å². The summed E-state index contributed by atoms with van der Waals surface area (Å²) in [7, 11) is 0. The summed E-state index contributed by atoms with van der Waals surface area (Å²) in [5.74, 6) is 0.0284. The molecule has 0 unspecified atom stereocenters. The molecule has 0 aliphatic carbocycles. The number of nitriles is 1. The molecule has 17 heavy (non-hydrogen) atoms. The van der Waals surface area contributed by atoms with Gasteiger partial charge in [-0.15, -0.1) is 0 Å². The zero-order valence-electron chi connectivity index (χ0n) is 10.5. The summed E-state index contributed by atoms with van der Waals surface area (Å²) in [5, 5.41) is 14.5. The molecule has 1 aliphatic heterocycles. The van der Waals surface area contributed by atoms with Crippen molar-refractivity contribution in [2.45, 2.75) is 32.2 Å². The third-order valence-corrected chi connectivity index (χ3v) is 3.14. The van der Waals surface area contributed by atoms with E-state index in [4.69, 9.17) is 5.26 Å². The molecule has 0 aromatic rings. The van der Waals surface area contributed by atoms with Crippen molar-refractivity contribution in [1.29, 1.82) is 5.26 Å². The summed E-state index contributed by atoms with van der Waals surface area (Å²) >= 11 is 0. The van der Waals surface area contributed by atoms with Crippen molar-refractivity contribution >= 4 is 5.91 Å². The van der Waals surface area contributed by atoms with Crippen LogP contribution in [0.4, 0.5) is 0 Å². The maximum absolute atomic E-state index is 11.7. The lowest BCUT2D eigenvalue weighted by atomic mass is 10.0. The van der Waals surface area contributed by atoms with Crippen LogP contribution in [0.3, 0.4) is 0 Å². The predicted molar refractivity (Wildman–Crippen MR) is 66.4 cm³/mol. The Balaban J connectivity index is 2.30. The molecule has 0 atom stereocenters. The molecule has 0 aromatic heterocycles. The van der Waals surface area contributed by atoms with Gasteiger partial charge in [0.2, 0.25) is 5.91 Å². The number of carbonyl (C=O) groups is 1. The first-order valence-corrected chi connectivity index (χ1v) is 6.36. The van der Waals surface area contributed by atoms with Gasteiger partial charge in [0.15, 0.2) is 0 Å². The van der Waals surface area contributed by atoms with Crippen molar-refractivity contribution in [2.75, 3.05) is 32.7 Å². The molecule has 0 saturated carbocycles. The van der Waals surface area contributed by atoms with Gasteiger partial charge < -0.3 is 10.6 Å². The number of likely N-dealkylation sites (N-methyl/N-ethyl adjacent to an activating group) is 1. The Bertz CT molecular complexity index is 268. The summed E-state index contributed by atoms with van der Waals surface area (Å²) in [5.41, 5.74) is 0. The molecular weight excluding hydrogens is 216 g/mol. The van der Waals surface area contributed by atoms with Gasteiger partial charge in [0, 0.05) is 12.6 Å². The van der Waals surface area contributed by atoms with Crippen LogP contribution in [0.1, 0.15) is 26.2 Å². The van der Waals surface area contributed by atoms with Gasteiger partial charge in [-0.05, 0) is 32.5 Å². The average molecular weight is 238 g/mol. The van der Waals surface area contributed by atoms with Gasteiger partial charge in [-0.2, -0.15) is 5.26 Å². The lowest BCUT2D eigenvalue weighted by molar-refractivity contribution is -0.122. The minimum atomic E-state index is 0.0284. The predicted octanol–water partition coefficient (Wildman–Crippen LogP) is 0.0902. The van der Waals surface area contributed by atoms with Gasteiger partial charge in [0.25, 0.3) is 0 Å². The van der Waals surface area contributed by atoms with Crippen LogP contribution >= 0.6 is 0 Å². The van der Waals surface area contributed by atoms with E-state index < -0.39 is 0 Å². The fourth-order valence-electron chi connectivity index (χ4n) is 2.17. The molecule has 5 nitrogen and oxygen atoms in total. The van der Waals surface area contributed by atoms with Gasteiger partial charge in [0.1, 0.15) is 0 Å². The zero-order chi connectivity index (χ0) is 12.5. The second-order valence-corrected chi connectivity index (χ2v) is 4.30. The monoisotopic (exact) mass is 238 g/mol. The SMILES string of the molecule is CCN(CC(=O)NCCC#N)C1CCNCC1. The molecule has 0 aromatic carbocycles. The zero-order valence-corrected chi connectivity index (χ0v) is 10.5. The Morgan fingerprint density at radius 2 is 2.24 bits per heavy atom. The van der Waals surface area contributed by atoms with Crippen molar-refractivity contribution < 1.29 is 4.79 Å². The Labute approximate surface area is 103 Å². The van der Waals surface area contributed by atoms with Gasteiger partial charge in [-0.25, -0.2) is 0 Å². The molecule has 0 spiro atoms. The maximum Gasteiger partial charge on any atom is 0.234 e. The van der Waals surface area contributed by atoms with Gasteiger partial charge in [-0.1, -0.05) is 6.92 Å². The van der Waals surface area contributed by atoms with Crippen LogP contribution in [0.25, 0.3) is 0 Å². The van der Waals surface area contributed by atoms with E-state index >= 15 is 0 Å². The fourth-order valence-corrected chi connectivity index (χ4v) is 2.17. The van der Waals surface area contributed by atoms with Crippen LogP contribution in [0.15, 0.2) is 0 Å².